The SMILES string of the molecule is COc1cccc(OC)c1C1(CN)CCCCC1. The van der Waals surface area contributed by atoms with Gasteiger partial charge in [0.2, 0.25) is 0 Å². The average molecular weight is 249 g/mol. The topological polar surface area (TPSA) is 44.5 Å². The van der Waals surface area contributed by atoms with Crippen LogP contribution in [-0.4, -0.2) is 20.8 Å². The molecule has 18 heavy (non-hydrogen) atoms. The molecule has 0 atom stereocenters. The number of nitrogens with two attached hydrogens (primary N) is 1. The minimum Gasteiger partial charge on any atom is -0.496 e. The molecule has 0 unspecified atom stereocenters. The molecule has 1 aromatic carbocycles. The van der Waals surface area contributed by atoms with Crippen molar-refractivity contribution < 1.29 is 9.47 Å². The molecule has 0 spiro atoms. The molecule has 1 fully saturated rings. The first kappa shape index (κ1) is 13.2. The summed E-state index contributed by atoms with van der Waals surface area (Å²) in [5.74, 6) is 1.81. The lowest BCUT2D eigenvalue weighted by molar-refractivity contribution is 0.275. The van der Waals surface area contributed by atoms with Crippen LogP contribution in [0, 0.1) is 0 Å². The molecule has 3 nitrogen and oxygen atoms in total. The van der Waals surface area contributed by atoms with Gasteiger partial charge in [-0.15, -0.1) is 0 Å². The van der Waals surface area contributed by atoms with Gasteiger partial charge >= 0.3 is 0 Å². The molecule has 2 N–H and O–H groups in total. The van der Waals surface area contributed by atoms with Crippen molar-refractivity contribution in [2.24, 2.45) is 5.73 Å². The Hall–Kier alpha value is -1.22. The van der Waals surface area contributed by atoms with Crippen molar-refractivity contribution >= 4 is 0 Å². The van der Waals surface area contributed by atoms with Crippen LogP contribution in [0.25, 0.3) is 0 Å². The molecule has 0 amide bonds. The highest BCUT2D eigenvalue weighted by Gasteiger charge is 2.37. The van der Waals surface area contributed by atoms with Crippen molar-refractivity contribution in [1.82, 2.24) is 0 Å². The molecule has 0 radical (unpaired) electrons. The summed E-state index contributed by atoms with van der Waals surface area (Å²) in [4.78, 5) is 0. The van der Waals surface area contributed by atoms with Crippen LogP contribution >= 0.6 is 0 Å². The van der Waals surface area contributed by atoms with Crippen LogP contribution in [0.1, 0.15) is 37.7 Å². The Morgan fingerprint density at radius 1 is 1.06 bits per heavy atom. The van der Waals surface area contributed by atoms with E-state index in [1.165, 1.54) is 19.3 Å². The number of hydrogen-bond acceptors (Lipinski definition) is 3. The molecule has 0 saturated heterocycles. The quantitative estimate of drug-likeness (QED) is 0.892. The number of hydrogen-bond donors (Lipinski definition) is 1. The molecule has 1 aliphatic carbocycles. The largest absolute Gasteiger partial charge is 0.496 e. The highest BCUT2D eigenvalue weighted by Crippen LogP contribution is 2.46. The van der Waals surface area contributed by atoms with Crippen molar-refractivity contribution in [3.05, 3.63) is 23.8 Å². The van der Waals surface area contributed by atoms with Gasteiger partial charge in [0.05, 0.1) is 14.2 Å². The van der Waals surface area contributed by atoms with Crippen LogP contribution in [0.4, 0.5) is 0 Å². The molecule has 0 bridgehead atoms. The summed E-state index contributed by atoms with van der Waals surface area (Å²) in [5.41, 5.74) is 7.29. The van der Waals surface area contributed by atoms with Gasteiger partial charge in [-0.05, 0) is 25.0 Å². The van der Waals surface area contributed by atoms with Gasteiger partial charge in [-0.1, -0.05) is 25.3 Å². The van der Waals surface area contributed by atoms with Crippen LogP contribution in [0.15, 0.2) is 18.2 Å². The Morgan fingerprint density at radius 3 is 2.06 bits per heavy atom. The van der Waals surface area contributed by atoms with Gasteiger partial charge in [0.25, 0.3) is 0 Å². The molecular weight excluding hydrogens is 226 g/mol. The van der Waals surface area contributed by atoms with E-state index in [-0.39, 0.29) is 5.41 Å². The summed E-state index contributed by atoms with van der Waals surface area (Å²) >= 11 is 0. The molecular formula is C15H23NO2. The summed E-state index contributed by atoms with van der Waals surface area (Å²) < 4.78 is 11.1. The average Bonchev–Trinajstić information content (AvgIpc) is 2.47. The second kappa shape index (κ2) is 5.61. The first-order valence-corrected chi connectivity index (χ1v) is 6.69. The summed E-state index contributed by atoms with van der Waals surface area (Å²) in [6.07, 6.45) is 6.02. The molecule has 3 heteroatoms. The maximum Gasteiger partial charge on any atom is 0.126 e. The lowest BCUT2D eigenvalue weighted by atomic mass is 9.69. The fraction of sp³-hybridized carbons (Fsp3) is 0.600. The van der Waals surface area contributed by atoms with E-state index in [0.717, 1.165) is 29.9 Å². The van der Waals surface area contributed by atoms with Crippen LogP contribution < -0.4 is 15.2 Å². The number of rotatable bonds is 4. The van der Waals surface area contributed by atoms with E-state index in [2.05, 4.69) is 0 Å². The standard InChI is InChI=1S/C15H23NO2/c1-17-12-7-6-8-13(18-2)14(12)15(11-16)9-4-3-5-10-15/h6-8H,3-5,9-11,16H2,1-2H3. The van der Waals surface area contributed by atoms with E-state index >= 15 is 0 Å². The van der Waals surface area contributed by atoms with Gasteiger partial charge in [-0.2, -0.15) is 0 Å². The second-order valence-corrected chi connectivity index (χ2v) is 5.08. The van der Waals surface area contributed by atoms with Crippen LogP contribution in [-0.2, 0) is 5.41 Å². The second-order valence-electron chi connectivity index (χ2n) is 5.08. The van der Waals surface area contributed by atoms with Crippen molar-refractivity contribution in [2.45, 2.75) is 37.5 Å². The summed E-state index contributed by atoms with van der Waals surface area (Å²) in [7, 11) is 3.43. The van der Waals surface area contributed by atoms with Crippen molar-refractivity contribution in [1.29, 1.82) is 0 Å². The molecule has 0 aliphatic heterocycles. The van der Waals surface area contributed by atoms with Gasteiger partial charge in [-0.25, -0.2) is 0 Å². The van der Waals surface area contributed by atoms with E-state index < -0.39 is 0 Å². The van der Waals surface area contributed by atoms with E-state index in [9.17, 15) is 0 Å². The zero-order chi connectivity index (χ0) is 13.0. The van der Waals surface area contributed by atoms with Gasteiger partial charge in [0.1, 0.15) is 11.5 Å². The first-order valence-electron chi connectivity index (χ1n) is 6.69. The van der Waals surface area contributed by atoms with Gasteiger partial charge in [0.15, 0.2) is 0 Å². The smallest absolute Gasteiger partial charge is 0.126 e. The Balaban J connectivity index is 2.52. The normalized spacial score (nSPS) is 18.4. The van der Waals surface area contributed by atoms with Crippen molar-refractivity contribution in [3.63, 3.8) is 0 Å². The van der Waals surface area contributed by atoms with Gasteiger partial charge < -0.3 is 15.2 Å². The molecule has 1 aliphatic rings. The van der Waals surface area contributed by atoms with Gasteiger partial charge in [0, 0.05) is 17.5 Å². The lowest BCUT2D eigenvalue weighted by Crippen LogP contribution is -2.37. The number of benzene rings is 1. The van der Waals surface area contributed by atoms with Crippen LogP contribution in [0.5, 0.6) is 11.5 Å². The fourth-order valence-corrected chi connectivity index (χ4v) is 3.16. The molecule has 0 heterocycles. The molecule has 100 valence electrons. The third-order valence-corrected chi connectivity index (χ3v) is 4.16. The zero-order valence-electron chi connectivity index (χ0n) is 11.4. The lowest BCUT2D eigenvalue weighted by Gasteiger charge is -2.38. The van der Waals surface area contributed by atoms with Gasteiger partial charge in [-0.3, -0.25) is 0 Å². The Bertz CT molecular complexity index is 375. The maximum atomic E-state index is 6.11. The third-order valence-electron chi connectivity index (χ3n) is 4.16. The van der Waals surface area contributed by atoms with Crippen molar-refractivity contribution in [2.75, 3.05) is 20.8 Å². The highest BCUT2D eigenvalue weighted by atomic mass is 16.5. The minimum absolute atomic E-state index is 0.0240. The van der Waals surface area contributed by atoms with E-state index in [0.29, 0.717) is 6.54 Å². The molecule has 2 rings (SSSR count). The van der Waals surface area contributed by atoms with Crippen molar-refractivity contribution in [3.8, 4) is 11.5 Å². The van der Waals surface area contributed by atoms with Crippen LogP contribution in [0.2, 0.25) is 0 Å². The Morgan fingerprint density at radius 2 is 1.61 bits per heavy atom. The molecule has 1 saturated carbocycles. The summed E-state index contributed by atoms with van der Waals surface area (Å²) in [6.45, 7) is 0.656. The predicted octanol–water partition coefficient (Wildman–Crippen LogP) is 2.86. The molecule has 0 aromatic heterocycles. The summed E-state index contributed by atoms with van der Waals surface area (Å²) in [5, 5.41) is 0. The van der Waals surface area contributed by atoms with Crippen LogP contribution in [0.3, 0.4) is 0 Å². The summed E-state index contributed by atoms with van der Waals surface area (Å²) in [6, 6.07) is 5.97. The first-order chi connectivity index (χ1) is 8.77. The number of methoxy groups -OCH3 is 2. The highest BCUT2D eigenvalue weighted by molar-refractivity contribution is 5.50. The minimum atomic E-state index is 0.0240. The maximum absolute atomic E-state index is 6.11. The number of ether oxygens (including phenoxy) is 2. The zero-order valence-corrected chi connectivity index (χ0v) is 11.4. The molecule has 1 aromatic rings. The fourth-order valence-electron chi connectivity index (χ4n) is 3.16. The van der Waals surface area contributed by atoms with E-state index in [1.54, 1.807) is 14.2 Å². The predicted molar refractivity (Wildman–Crippen MR) is 73.4 cm³/mol. The van der Waals surface area contributed by atoms with E-state index in [1.807, 2.05) is 18.2 Å². The third kappa shape index (κ3) is 2.19. The Labute approximate surface area is 109 Å². The monoisotopic (exact) mass is 249 g/mol. The van der Waals surface area contributed by atoms with E-state index in [4.69, 9.17) is 15.2 Å². The Kier molecular flexibility index (Phi) is 4.12.